The number of hydrogen-bond acceptors (Lipinski definition) is 6. The molecule has 3 rings (SSSR count). The van der Waals surface area contributed by atoms with Gasteiger partial charge in [0.05, 0.1) is 11.9 Å². The van der Waals surface area contributed by atoms with Crippen LogP contribution in [0.15, 0.2) is 11.4 Å². The molecule has 114 valence electrons. The van der Waals surface area contributed by atoms with E-state index < -0.39 is 0 Å². The summed E-state index contributed by atoms with van der Waals surface area (Å²) in [5, 5.41) is 6.58. The van der Waals surface area contributed by atoms with Crippen molar-refractivity contribution in [2.24, 2.45) is 0 Å². The second-order valence-electron chi connectivity index (χ2n) is 5.74. The number of rotatable bonds is 4. The van der Waals surface area contributed by atoms with Crippen LogP contribution in [0.5, 0.6) is 0 Å². The second-order valence-corrected chi connectivity index (χ2v) is 6.63. The third-order valence-electron chi connectivity index (χ3n) is 4.03. The van der Waals surface area contributed by atoms with E-state index in [9.17, 15) is 0 Å². The van der Waals surface area contributed by atoms with Crippen LogP contribution >= 0.6 is 11.3 Å². The Labute approximate surface area is 130 Å². The molecule has 21 heavy (non-hydrogen) atoms. The largest absolute Gasteiger partial charge is 0.370 e. The number of piperazine rings is 1. The highest BCUT2D eigenvalue weighted by atomic mass is 32.1. The Kier molecular flexibility index (Phi) is 4.37. The fourth-order valence-electron chi connectivity index (χ4n) is 2.87. The van der Waals surface area contributed by atoms with Crippen LogP contribution in [-0.2, 0) is 6.54 Å². The van der Waals surface area contributed by atoms with Crippen LogP contribution in [0.3, 0.4) is 0 Å². The van der Waals surface area contributed by atoms with Gasteiger partial charge in [-0.1, -0.05) is 0 Å². The summed E-state index contributed by atoms with van der Waals surface area (Å²) in [6.45, 7) is 9.41. The first-order chi connectivity index (χ1) is 10.2. The van der Waals surface area contributed by atoms with E-state index in [1.807, 2.05) is 0 Å². The number of fused-ring (bicyclic) bond motifs is 1. The van der Waals surface area contributed by atoms with Gasteiger partial charge in [0.2, 0.25) is 0 Å². The molecule has 1 atom stereocenters. The normalized spacial score (nSPS) is 21.0. The molecule has 2 aromatic heterocycles. The minimum absolute atomic E-state index is 0.550. The lowest BCUT2D eigenvalue weighted by Crippen LogP contribution is -2.50. The highest BCUT2D eigenvalue weighted by Gasteiger charge is 2.22. The summed E-state index contributed by atoms with van der Waals surface area (Å²) >= 11 is 1.69. The fourth-order valence-corrected chi connectivity index (χ4v) is 3.65. The highest BCUT2D eigenvalue weighted by molar-refractivity contribution is 7.16. The zero-order valence-electron chi connectivity index (χ0n) is 13.0. The molecule has 3 heterocycles. The monoisotopic (exact) mass is 305 g/mol. The van der Waals surface area contributed by atoms with Gasteiger partial charge in [-0.2, -0.15) is 0 Å². The van der Waals surface area contributed by atoms with Crippen molar-refractivity contribution in [1.82, 2.24) is 19.8 Å². The Hall–Kier alpha value is -1.24. The lowest BCUT2D eigenvalue weighted by atomic mass is 10.2. The first kappa shape index (κ1) is 14.7. The van der Waals surface area contributed by atoms with Crippen molar-refractivity contribution >= 4 is 27.4 Å². The molecular formula is C15H23N5S. The maximum absolute atomic E-state index is 4.74. The molecule has 5 nitrogen and oxygen atoms in total. The van der Waals surface area contributed by atoms with Crippen molar-refractivity contribution in [3.63, 3.8) is 0 Å². The van der Waals surface area contributed by atoms with E-state index in [1.54, 1.807) is 11.3 Å². The van der Waals surface area contributed by atoms with Gasteiger partial charge in [0, 0.05) is 32.2 Å². The summed E-state index contributed by atoms with van der Waals surface area (Å²) in [7, 11) is 2.19. The average Bonchev–Trinajstić information content (AvgIpc) is 2.91. The van der Waals surface area contributed by atoms with Crippen molar-refractivity contribution < 1.29 is 0 Å². The maximum atomic E-state index is 4.74. The number of nitrogens with one attached hydrogen (secondary N) is 1. The molecular weight excluding hydrogens is 282 g/mol. The van der Waals surface area contributed by atoms with E-state index in [2.05, 4.69) is 47.5 Å². The second kappa shape index (κ2) is 6.25. The summed E-state index contributed by atoms with van der Waals surface area (Å²) in [5.41, 5.74) is 0. The molecule has 0 spiro atoms. The van der Waals surface area contributed by atoms with Gasteiger partial charge in [0.15, 0.2) is 0 Å². The zero-order valence-corrected chi connectivity index (χ0v) is 13.8. The molecule has 0 aliphatic carbocycles. The predicted molar refractivity (Wildman–Crippen MR) is 88.9 cm³/mol. The maximum Gasteiger partial charge on any atom is 0.146 e. The van der Waals surface area contributed by atoms with E-state index >= 15 is 0 Å². The Bertz CT molecular complexity index is 611. The van der Waals surface area contributed by atoms with Gasteiger partial charge in [-0.05, 0) is 32.3 Å². The van der Waals surface area contributed by atoms with E-state index in [-0.39, 0.29) is 0 Å². The molecule has 1 aliphatic rings. The summed E-state index contributed by atoms with van der Waals surface area (Å²) < 4.78 is 0. The third kappa shape index (κ3) is 3.17. The number of hydrogen-bond donors (Lipinski definition) is 1. The van der Waals surface area contributed by atoms with Crippen LogP contribution in [-0.4, -0.2) is 59.0 Å². The van der Waals surface area contributed by atoms with Gasteiger partial charge >= 0.3 is 0 Å². The number of nitrogens with zero attached hydrogens (tertiary/aromatic N) is 4. The third-order valence-corrected chi connectivity index (χ3v) is 4.83. The SMILES string of the molecule is CCNc1nc(CN2CCN(C)CC2C)nc2sccc12. The fraction of sp³-hybridized carbons (Fsp3) is 0.600. The number of likely N-dealkylation sites (N-methyl/N-ethyl adjacent to an activating group) is 1. The Morgan fingerprint density at radius 3 is 3.00 bits per heavy atom. The van der Waals surface area contributed by atoms with Gasteiger partial charge in [-0.25, -0.2) is 9.97 Å². The van der Waals surface area contributed by atoms with Crippen LogP contribution in [0, 0.1) is 0 Å². The van der Waals surface area contributed by atoms with Crippen molar-refractivity contribution in [1.29, 1.82) is 0 Å². The van der Waals surface area contributed by atoms with Crippen molar-refractivity contribution in [3.05, 3.63) is 17.3 Å². The van der Waals surface area contributed by atoms with E-state index in [0.717, 1.165) is 54.6 Å². The van der Waals surface area contributed by atoms with Crippen molar-refractivity contribution in [2.45, 2.75) is 26.4 Å². The van der Waals surface area contributed by atoms with Crippen molar-refractivity contribution in [2.75, 3.05) is 38.5 Å². The van der Waals surface area contributed by atoms with E-state index in [1.165, 1.54) is 0 Å². The quantitative estimate of drug-likeness (QED) is 0.938. The first-order valence-electron chi connectivity index (χ1n) is 7.58. The highest BCUT2D eigenvalue weighted by Crippen LogP contribution is 2.25. The molecule has 6 heteroatoms. The smallest absolute Gasteiger partial charge is 0.146 e. The molecule has 1 aliphatic heterocycles. The zero-order chi connectivity index (χ0) is 14.8. The standard InChI is InChI=1S/C15H23N5S/c1-4-16-14-12-5-8-21-15(12)18-13(17-14)10-20-7-6-19(3)9-11(20)2/h5,8,11H,4,6-7,9-10H2,1-3H3,(H,16,17,18). The average molecular weight is 305 g/mol. The summed E-state index contributed by atoms with van der Waals surface area (Å²) in [6.07, 6.45) is 0. The minimum Gasteiger partial charge on any atom is -0.370 e. The molecule has 0 aromatic carbocycles. The number of anilines is 1. The van der Waals surface area contributed by atoms with Gasteiger partial charge in [0.25, 0.3) is 0 Å². The lowest BCUT2D eigenvalue weighted by Gasteiger charge is -2.37. The molecule has 0 saturated carbocycles. The summed E-state index contributed by atoms with van der Waals surface area (Å²) in [5.74, 6) is 1.90. The Morgan fingerprint density at radius 2 is 2.24 bits per heavy atom. The van der Waals surface area contributed by atoms with Crippen LogP contribution in [0.2, 0.25) is 0 Å². The lowest BCUT2D eigenvalue weighted by molar-refractivity contribution is 0.0916. The van der Waals surface area contributed by atoms with E-state index in [4.69, 9.17) is 9.97 Å². The van der Waals surface area contributed by atoms with Crippen LogP contribution in [0.4, 0.5) is 5.82 Å². The van der Waals surface area contributed by atoms with Crippen LogP contribution in [0.1, 0.15) is 19.7 Å². The molecule has 0 bridgehead atoms. The number of aromatic nitrogens is 2. The summed E-state index contributed by atoms with van der Waals surface area (Å²) in [4.78, 5) is 15.4. The topological polar surface area (TPSA) is 44.3 Å². The Morgan fingerprint density at radius 1 is 1.38 bits per heavy atom. The predicted octanol–water partition coefficient (Wildman–Crippen LogP) is 2.26. The van der Waals surface area contributed by atoms with Gasteiger partial charge in [-0.15, -0.1) is 11.3 Å². The van der Waals surface area contributed by atoms with Gasteiger partial charge < -0.3 is 10.2 Å². The Balaban J connectivity index is 1.83. The van der Waals surface area contributed by atoms with Gasteiger partial charge in [0.1, 0.15) is 16.5 Å². The summed E-state index contributed by atoms with van der Waals surface area (Å²) in [6, 6.07) is 2.65. The van der Waals surface area contributed by atoms with Crippen LogP contribution < -0.4 is 5.32 Å². The minimum atomic E-state index is 0.550. The van der Waals surface area contributed by atoms with Gasteiger partial charge in [-0.3, -0.25) is 4.90 Å². The molecule has 1 unspecified atom stereocenters. The van der Waals surface area contributed by atoms with Crippen molar-refractivity contribution in [3.8, 4) is 0 Å². The number of thiophene rings is 1. The molecule has 2 aromatic rings. The molecule has 1 N–H and O–H groups in total. The van der Waals surface area contributed by atoms with E-state index in [0.29, 0.717) is 6.04 Å². The molecule has 0 radical (unpaired) electrons. The molecule has 1 saturated heterocycles. The first-order valence-corrected chi connectivity index (χ1v) is 8.46. The van der Waals surface area contributed by atoms with Crippen LogP contribution in [0.25, 0.3) is 10.2 Å². The molecule has 0 amide bonds. The molecule has 1 fully saturated rings.